The Bertz CT molecular complexity index is 533. The Labute approximate surface area is 115 Å². The lowest BCUT2D eigenvalue weighted by atomic mass is 10.2. The van der Waals surface area contributed by atoms with Crippen molar-refractivity contribution in [1.82, 2.24) is 0 Å². The van der Waals surface area contributed by atoms with E-state index in [4.69, 9.17) is 27.9 Å². The van der Waals surface area contributed by atoms with E-state index in [-0.39, 0.29) is 12.6 Å². The summed E-state index contributed by atoms with van der Waals surface area (Å²) in [6.45, 7) is 0.147. The molecule has 0 aromatic heterocycles. The van der Waals surface area contributed by atoms with E-state index in [2.05, 4.69) is 0 Å². The number of rotatable bonds is 3. The predicted octanol–water partition coefficient (Wildman–Crippen LogP) is 4.35. The summed E-state index contributed by atoms with van der Waals surface area (Å²) in [5.41, 5.74) is 1.28. The molecule has 0 aliphatic rings. The number of carbonyl (C=O) groups is 1. The molecule has 4 heteroatoms. The third-order valence-corrected chi connectivity index (χ3v) is 2.74. The van der Waals surface area contributed by atoms with Gasteiger partial charge in [-0.2, -0.15) is 0 Å². The van der Waals surface area contributed by atoms with Gasteiger partial charge in [0.15, 0.2) is 0 Å². The van der Waals surface area contributed by atoms with Gasteiger partial charge in [-0.25, -0.2) is 4.79 Å². The normalized spacial score (nSPS) is 10.1. The van der Waals surface area contributed by atoms with Gasteiger partial charge in [0.05, 0.1) is 5.56 Å². The molecule has 0 saturated heterocycles. The lowest BCUT2D eigenvalue weighted by Gasteiger charge is -2.06. The largest absolute Gasteiger partial charge is 0.457 e. The third-order valence-electron chi connectivity index (χ3n) is 2.30. The highest BCUT2D eigenvalue weighted by molar-refractivity contribution is 6.34. The van der Waals surface area contributed by atoms with Crippen LogP contribution in [0.15, 0.2) is 48.5 Å². The molecule has 0 aliphatic heterocycles. The monoisotopic (exact) mass is 280 g/mol. The third kappa shape index (κ3) is 3.49. The van der Waals surface area contributed by atoms with Crippen LogP contribution in [-0.4, -0.2) is 5.97 Å². The maximum absolute atomic E-state index is 11.7. The zero-order chi connectivity index (χ0) is 13.0. The van der Waals surface area contributed by atoms with Gasteiger partial charge in [-0.15, -0.1) is 0 Å². The minimum atomic E-state index is -0.369. The van der Waals surface area contributed by atoms with E-state index < -0.39 is 0 Å². The summed E-state index contributed by atoms with van der Waals surface area (Å²) in [5.74, 6) is -0.369. The van der Waals surface area contributed by atoms with E-state index in [9.17, 15) is 4.79 Å². The van der Waals surface area contributed by atoms with Gasteiger partial charge in [0.2, 0.25) is 0 Å². The number of halogens is 2. The minimum absolute atomic E-state index is 0.147. The molecule has 2 nitrogen and oxygen atoms in total. The number of ether oxygens (including phenoxy) is 1. The van der Waals surface area contributed by atoms with E-state index in [0.717, 1.165) is 5.56 Å². The predicted molar refractivity (Wildman–Crippen MR) is 72.0 cm³/mol. The Hall–Kier alpha value is -1.51. The molecule has 2 aromatic rings. The average molecular weight is 281 g/mol. The van der Waals surface area contributed by atoms with Crippen molar-refractivity contribution in [2.75, 3.05) is 0 Å². The molecular formula is C14H10Cl2O2. The molecular weight excluding hydrogens is 271 g/mol. The van der Waals surface area contributed by atoms with Crippen molar-refractivity contribution in [1.29, 1.82) is 0 Å². The molecule has 2 rings (SSSR count). The van der Waals surface area contributed by atoms with Crippen LogP contribution in [0.25, 0.3) is 0 Å². The van der Waals surface area contributed by atoms with Gasteiger partial charge in [-0.05, 0) is 35.9 Å². The lowest BCUT2D eigenvalue weighted by Crippen LogP contribution is -2.04. The Kier molecular flexibility index (Phi) is 4.24. The fourth-order valence-electron chi connectivity index (χ4n) is 1.50. The van der Waals surface area contributed by atoms with Gasteiger partial charge in [0.25, 0.3) is 0 Å². The number of hydrogen-bond donors (Lipinski definition) is 0. The quantitative estimate of drug-likeness (QED) is 0.782. The van der Waals surface area contributed by atoms with Gasteiger partial charge >= 0.3 is 5.97 Å². The number of hydrogen-bond acceptors (Lipinski definition) is 2. The summed E-state index contributed by atoms with van der Waals surface area (Å²) in [7, 11) is 0. The van der Waals surface area contributed by atoms with Gasteiger partial charge in [0, 0.05) is 10.0 Å². The van der Waals surface area contributed by atoms with Crippen molar-refractivity contribution in [2.24, 2.45) is 0 Å². The number of carbonyl (C=O) groups excluding carboxylic acids is 1. The SMILES string of the molecule is O=C(OCc1cc(Cl)cc(Cl)c1)c1ccccc1. The number of esters is 1. The first kappa shape index (κ1) is 12.9. The van der Waals surface area contributed by atoms with Crippen LogP contribution >= 0.6 is 23.2 Å². The van der Waals surface area contributed by atoms with Crippen LogP contribution in [0.4, 0.5) is 0 Å². The Balaban J connectivity index is 2.02. The summed E-state index contributed by atoms with van der Waals surface area (Å²) in [6.07, 6.45) is 0. The van der Waals surface area contributed by atoms with Gasteiger partial charge in [-0.3, -0.25) is 0 Å². The van der Waals surface area contributed by atoms with Crippen molar-refractivity contribution in [3.63, 3.8) is 0 Å². The Morgan fingerprint density at radius 3 is 2.22 bits per heavy atom. The first-order valence-electron chi connectivity index (χ1n) is 5.32. The van der Waals surface area contributed by atoms with E-state index in [1.165, 1.54) is 0 Å². The Morgan fingerprint density at radius 1 is 1.00 bits per heavy atom. The molecule has 0 saturated carbocycles. The van der Waals surface area contributed by atoms with Crippen LogP contribution in [0.3, 0.4) is 0 Å². The van der Waals surface area contributed by atoms with Crippen molar-refractivity contribution in [3.8, 4) is 0 Å². The summed E-state index contributed by atoms with van der Waals surface area (Å²) in [6, 6.07) is 13.9. The summed E-state index contributed by atoms with van der Waals surface area (Å²) in [4.78, 5) is 11.7. The summed E-state index contributed by atoms with van der Waals surface area (Å²) >= 11 is 11.7. The summed E-state index contributed by atoms with van der Waals surface area (Å²) in [5, 5.41) is 1.04. The second-order valence-corrected chi connectivity index (χ2v) is 4.59. The van der Waals surface area contributed by atoms with Crippen LogP contribution in [0.2, 0.25) is 10.0 Å². The molecule has 0 fully saturated rings. The zero-order valence-electron chi connectivity index (χ0n) is 9.40. The highest BCUT2D eigenvalue weighted by Gasteiger charge is 2.06. The van der Waals surface area contributed by atoms with Gasteiger partial charge in [0.1, 0.15) is 6.61 Å². The lowest BCUT2D eigenvalue weighted by molar-refractivity contribution is 0.0472. The van der Waals surface area contributed by atoms with Crippen molar-refractivity contribution in [2.45, 2.75) is 6.61 Å². The Morgan fingerprint density at radius 2 is 1.61 bits per heavy atom. The highest BCUT2D eigenvalue weighted by atomic mass is 35.5. The molecule has 92 valence electrons. The number of benzene rings is 2. The molecule has 0 atom stereocenters. The summed E-state index contributed by atoms with van der Waals surface area (Å²) < 4.78 is 5.17. The second-order valence-electron chi connectivity index (χ2n) is 3.72. The fraction of sp³-hybridized carbons (Fsp3) is 0.0714. The van der Waals surface area contributed by atoms with E-state index >= 15 is 0 Å². The molecule has 0 amide bonds. The molecule has 2 aromatic carbocycles. The van der Waals surface area contributed by atoms with E-state index in [0.29, 0.717) is 15.6 Å². The minimum Gasteiger partial charge on any atom is -0.457 e. The van der Waals surface area contributed by atoms with Crippen molar-refractivity contribution >= 4 is 29.2 Å². The van der Waals surface area contributed by atoms with E-state index in [1.807, 2.05) is 6.07 Å². The second kappa shape index (κ2) is 5.89. The standard InChI is InChI=1S/C14H10Cl2O2/c15-12-6-10(7-13(16)8-12)9-18-14(17)11-4-2-1-3-5-11/h1-8H,9H2. The molecule has 0 radical (unpaired) electrons. The van der Waals surface area contributed by atoms with Crippen LogP contribution in [0.1, 0.15) is 15.9 Å². The van der Waals surface area contributed by atoms with Crippen molar-refractivity contribution < 1.29 is 9.53 Å². The van der Waals surface area contributed by atoms with Crippen LogP contribution in [-0.2, 0) is 11.3 Å². The first-order chi connectivity index (χ1) is 8.65. The molecule has 0 unspecified atom stereocenters. The molecule has 0 N–H and O–H groups in total. The topological polar surface area (TPSA) is 26.3 Å². The zero-order valence-corrected chi connectivity index (χ0v) is 10.9. The van der Waals surface area contributed by atoms with Gasteiger partial charge < -0.3 is 4.74 Å². The molecule has 0 heterocycles. The van der Waals surface area contributed by atoms with Gasteiger partial charge in [-0.1, -0.05) is 41.4 Å². The highest BCUT2D eigenvalue weighted by Crippen LogP contribution is 2.19. The maximum Gasteiger partial charge on any atom is 0.338 e. The average Bonchev–Trinajstić information content (AvgIpc) is 2.36. The first-order valence-corrected chi connectivity index (χ1v) is 6.08. The van der Waals surface area contributed by atoms with Crippen molar-refractivity contribution in [3.05, 3.63) is 69.7 Å². The smallest absolute Gasteiger partial charge is 0.338 e. The molecule has 0 aliphatic carbocycles. The molecule has 0 bridgehead atoms. The fourth-order valence-corrected chi connectivity index (χ4v) is 2.07. The van der Waals surface area contributed by atoms with Crippen LogP contribution in [0, 0.1) is 0 Å². The maximum atomic E-state index is 11.7. The van der Waals surface area contributed by atoms with Crippen LogP contribution in [0.5, 0.6) is 0 Å². The molecule has 18 heavy (non-hydrogen) atoms. The molecule has 0 spiro atoms. The van der Waals surface area contributed by atoms with E-state index in [1.54, 1.807) is 42.5 Å². The van der Waals surface area contributed by atoms with Crippen LogP contribution < -0.4 is 0 Å².